The number of oxazole rings is 1. The molecule has 0 aromatic carbocycles. The molecular formula is C17H22N2O4. The van der Waals surface area contributed by atoms with E-state index in [2.05, 4.69) is 11.9 Å². The first kappa shape index (κ1) is 15.8. The number of nitrogens with zero attached hydrogens (tertiary/aromatic N) is 2. The van der Waals surface area contributed by atoms with Crippen LogP contribution in [0.4, 0.5) is 0 Å². The Morgan fingerprint density at radius 1 is 1.52 bits per heavy atom. The molecule has 6 nitrogen and oxygen atoms in total. The fourth-order valence-corrected chi connectivity index (χ4v) is 3.18. The lowest BCUT2D eigenvalue weighted by Crippen LogP contribution is -2.50. The van der Waals surface area contributed by atoms with E-state index in [1.165, 1.54) is 0 Å². The van der Waals surface area contributed by atoms with Crippen molar-refractivity contribution in [3.63, 3.8) is 0 Å². The SMILES string of the molecule is Cc1oc(-c2ccco2)nc1CC(=O)N1CCCC(C)C1CO. The van der Waals surface area contributed by atoms with E-state index in [1.807, 2.05) is 0 Å². The second kappa shape index (κ2) is 6.58. The van der Waals surface area contributed by atoms with Gasteiger partial charge in [0.1, 0.15) is 5.76 Å². The quantitative estimate of drug-likeness (QED) is 0.936. The van der Waals surface area contributed by atoms with Crippen molar-refractivity contribution in [3.8, 4) is 11.7 Å². The van der Waals surface area contributed by atoms with Gasteiger partial charge in [-0.15, -0.1) is 0 Å². The van der Waals surface area contributed by atoms with E-state index in [9.17, 15) is 9.90 Å². The molecule has 23 heavy (non-hydrogen) atoms. The Morgan fingerprint density at radius 2 is 2.35 bits per heavy atom. The summed E-state index contributed by atoms with van der Waals surface area (Å²) >= 11 is 0. The number of hydrogen-bond acceptors (Lipinski definition) is 5. The number of carbonyl (C=O) groups is 1. The molecule has 2 atom stereocenters. The molecule has 1 saturated heterocycles. The van der Waals surface area contributed by atoms with E-state index in [-0.39, 0.29) is 25.0 Å². The highest BCUT2D eigenvalue weighted by Gasteiger charge is 2.32. The molecule has 2 aromatic rings. The zero-order valence-electron chi connectivity index (χ0n) is 13.5. The molecule has 3 rings (SSSR count). The maximum Gasteiger partial charge on any atom is 0.263 e. The highest BCUT2D eigenvalue weighted by molar-refractivity contribution is 5.79. The molecule has 1 fully saturated rings. The maximum absolute atomic E-state index is 12.6. The van der Waals surface area contributed by atoms with Crippen LogP contribution in [0.1, 0.15) is 31.2 Å². The van der Waals surface area contributed by atoms with Crippen LogP contribution in [0.25, 0.3) is 11.7 Å². The first-order valence-corrected chi connectivity index (χ1v) is 8.00. The summed E-state index contributed by atoms with van der Waals surface area (Å²) in [5, 5.41) is 9.59. The van der Waals surface area contributed by atoms with Gasteiger partial charge in [0.15, 0.2) is 5.76 Å². The number of furan rings is 1. The standard InChI is InChI=1S/C17H22N2O4/c1-11-5-3-7-19(14(11)10-20)16(21)9-13-12(2)23-17(18-13)15-6-4-8-22-15/h4,6,8,11,14,20H,3,5,7,9-10H2,1-2H3. The van der Waals surface area contributed by atoms with Gasteiger partial charge in [-0.3, -0.25) is 4.79 Å². The lowest BCUT2D eigenvalue weighted by Gasteiger charge is -2.39. The predicted molar refractivity (Wildman–Crippen MR) is 83.6 cm³/mol. The monoisotopic (exact) mass is 318 g/mol. The number of aliphatic hydroxyl groups excluding tert-OH is 1. The number of hydrogen-bond donors (Lipinski definition) is 1. The summed E-state index contributed by atoms with van der Waals surface area (Å²) < 4.78 is 10.9. The Morgan fingerprint density at radius 3 is 3.04 bits per heavy atom. The number of aryl methyl sites for hydroxylation is 1. The molecule has 2 aromatic heterocycles. The molecule has 0 saturated carbocycles. The molecular weight excluding hydrogens is 296 g/mol. The number of aromatic nitrogens is 1. The van der Waals surface area contributed by atoms with Crippen LogP contribution in [0.15, 0.2) is 27.2 Å². The van der Waals surface area contributed by atoms with Crippen molar-refractivity contribution in [3.05, 3.63) is 29.9 Å². The molecule has 0 bridgehead atoms. The summed E-state index contributed by atoms with van der Waals surface area (Å²) in [5.41, 5.74) is 0.622. The van der Waals surface area contributed by atoms with Crippen molar-refractivity contribution in [2.24, 2.45) is 5.92 Å². The summed E-state index contributed by atoms with van der Waals surface area (Å²) in [6, 6.07) is 3.43. The number of likely N-dealkylation sites (tertiary alicyclic amines) is 1. The van der Waals surface area contributed by atoms with Gasteiger partial charge in [0.25, 0.3) is 5.89 Å². The molecule has 1 amide bonds. The van der Waals surface area contributed by atoms with Crippen molar-refractivity contribution >= 4 is 5.91 Å². The van der Waals surface area contributed by atoms with Crippen LogP contribution >= 0.6 is 0 Å². The second-order valence-corrected chi connectivity index (χ2v) is 6.13. The first-order valence-electron chi connectivity index (χ1n) is 8.00. The lowest BCUT2D eigenvalue weighted by molar-refractivity contribution is -0.137. The van der Waals surface area contributed by atoms with Gasteiger partial charge in [0, 0.05) is 6.54 Å². The van der Waals surface area contributed by atoms with Crippen LogP contribution in [0.5, 0.6) is 0 Å². The summed E-state index contributed by atoms with van der Waals surface area (Å²) in [6.45, 7) is 4.57. The van der Waals surface area contributed by atoms with Crippen molar-refractivity contribution in [2.45, 2.75) is 39.2 Å². The van der Waals surface area contributed by atoms with Crippen LogP contribution < -0.4 is 0 Å². The summed E-state index contributed by atoms with van der Waals surface area (Å²) in [4.78, 5) is 18.8. The fourth-order valence-electron chi connectivity index (χ4n) is 3.18. The minimum Gasteiger partial charge on any atom is -0.459 e. The van der Waals surface area contributed by atoms with Crippen molar-refractivity contribution in [2.75, 3.05) is 13.2 Å². The highest BCUT2D eigenvalue weighted by atomic mass is 16.4. The summed E-state index contributed by atoms with van der Waals surface area (Å²) in [5.74, 6) is 1.86. The van der Waals surface area contributed by atoms with Crippen molar-refractivity contribution in [1.29, 1.82) is 0 Å². The number of carbonyl (C=O) groups excluding carboxylic acids is 1. The lowest BCUT2D eigenvalue weighted by atomic mass is 9.91. The van der Waals surface area contributed by atoms with E-state index in [4.69, 9.17) is 8.83 Å². The van der Waals surface area contributed by atoms with Gasteiger partial charge in [0.05, 0.1) is 31.0 Å². The number of rotatable bonds is 4. The maximum atomic E-state index is 12.6. The van der Waals surface area contributed by atoms with Gasteiger partial charge >= 0.3 is 0 Å². The zero-order valence-corrected chi connectivity index (χ0v) is 13.5. The molecule has 6 heteroatoms. The van der Waals surface area contributed by atoms with Gasteiger partial charge in [-0.1, -0.05) is 6.92 Å². The second-order valence-electron chi connectivity index (χ2n) is 6.13. The third-order valence-corrected chi connectivity index (χ3v) is 4.57. The Bertz CT molecular complexity index is 662. The van der Waals surface area contributed by atoms with Gasteiger partial charge in [-0.25, -0.2) is 4.98 Å². The molecule has 0 aliphatic carbocycles. The van der Waals surface area contributed by atoms with Crippen LogP contribution in [0.3, 0.4) is 0 Å². The topological polar surface area (TPSA) is 79.7 Å². The number of amides is 1. The fraction of sp³-hybridized carbons (Fsp3) is 0.529. The van der Waals surface area contributed by atoms with Crippen LogP contribution in [-0.4, -0.2) is 40.1 Å². The first-order chi connectivity index (χ1) is 11.1. The number of aliphatic hydroxyl groups is 1. The average Bonchev–Trinajstić information content (AvgIpc) is 3.17. The average molecular weight is 318 g/mol. The van der Waals surface area contributed by atoms with E-state index < -0.39 is 0 Å². The third kappa shape index (κ3) is 3.17. The minimum absolute atomic E-state index is 0.00233. The highest BCUT2D eigenvalue weighted by Crippen LogP contribution is 2.26. The minimum atomic E-state index is -0.104. The van der Waals surface area contributed by atoms with Gasteiger partial charge < -0.3 is 18.8 Å². The van der Waals surface area contributed by atoms with Gasteiger partial charge in [-0.05, 0) is 37.8 Å². The van der Waals surface area contributed by atoms with Crippen molar-refractivity contribution in [1.82, 2.24) is 9.88 Å². The zero-order chi connectivity index (χ0) is 16.4. The Kier molecular flexibility index (Phi) is 4.52. The Hall–Kier alpha value is -2.08. The molecule has 2 unspecified atom stereocenters. The van der Waals surface area contributed by atoms with Gasteiger partial charge in [-0.2, -0.15) is 0 Å². The Labute approximate surface area is 135 Å². The Balaban J connectivity index is 1.75. The van der Waals surface area contributed by atoms with E-state index in [0.29, 0.717) is 35.6 Å². The molecule has 0 radical (unpaired) electrons. The molecule has 1 aliphatic rings. The van der Waals surface area contributed by atoms with Crippen LogP contribution in [-0.2, 0) is 11.2 Å². The van der Waals surface area contributed by atoms with Crippen molar-refractivity contribution < 1.29 is 18.7 Å². The van der Waals surface area contributed by atoms with Gasteiger partial charge in [0.2, 0.25) is 5.91 Å². The normalized spacial score (nSPS) is 21.6. The van der Waals surface area contributed by atoms with E-state index in [0.717, 1.165) is 12.8 Å². The van der Waals surface area contributed by atoms with E-state index >= 15 is 0 Å². The summed E-state index contributed by atoms with van der Waals surface area (Å²) in [6.07, 6.45) is 3.75. The third-order valence-electron chi connectivity index (χ3n) is 4.57. The molecule has 0 spiro atoms. The number of piperidine rings is 1. The summed E-state index contributed by atoms with van der Waals surface area (Å²) in [7, 11) is 0. The van der Waals surface area contributed by atoms with Crippen LogP contribution in [0.2, 0.25) is 0 Å². The predicted octanol–water partition coefficient (Wildman–Crippen LogP) is 2.40. The van der Waals surface area contributed by atoms with Crippen LogP contribution in [0, 0.1) is 12.8 Å². The molecule has 3 heterocycles. The molecule has 1 aliphatic heterocycles. The molecule has 1 N–H and O–H groups in total. The van der Waals surface area contributed by atoms with E-state index in [1.54, 1.807) is 30.2 Å². The largest absolute Gasteiger partial charge is 0.459 e. The molecule has 124 valence electrons. The smallest absolute Gasteiger partial charge is 0.263 e.